The van der Waals surface area contributed by atoms with Gasteiger partial charge in [-0.05, 0) is 12.8 Å². The van der Waals surface area contributed by atoms with Crippen molar-refractivity contribution in [1.82, 2.24) is 20.4 Å². The Morgan fingerprint density at radius 3 is 1.46 bits per heavy atom. The van der Waals surface area contributed by atoms with E-state index in [4.69, 9.17) is 0 Å². The number of nitrogens with one attached hydrogen (secondary N) is 2. The lowest BCUT2D eigenvalue weighted by atomic mass is 9.90. The molecule has 0 bridgehead atoms. The van der Waals surface area contributed by atoms with Crippen molar-refractivity contribution in [3.63, 3.8) is 0 Å². The van der Waals surface area contributed by atoms with Crippen molar-refractivity contribution < 1.29 is 9.59 Å². The first-order valence-electron chi connectivity index (χ1n) is 9.00. The van der Waals surface area contributed by atoms with Gasteiger partial charge < -0.3 is 20.4 Å². The summed E-state index contributed by atoms with van der Waals surface area (Å²) in [5.41, 5.74) is 0. The molecule has 3 rings (SSSR count). The Kier molecular flexibility index (Phi) is 6.83. The maximum absolute atomic E-state index is 12.5. The molecule has 1 aliphatic carbocycles. The molecular weight excluding hydrogens is 344 g/mol. The van der Waals surface area contributed by atoms with E-state index in [1.165, 1.54) is 0 Å². The smallest absolute Gasteiger partial charge is 0.317 e. The van der Waals surface area contributed by atoms with Crippen molar-refractivity contribution in [2.45, 2.75) is 37.8 Å². The monoisotopic (exact) mass is 372 g/mol. The third-order valence-electron chi connectivity index (χ3n) is 4.98. The predicted molar refractivity (Wildman–Crippen MR) is 101 cm³/mol. The van der Waals surface area contributed by atoms with Gasteiger partial charge in [0.2, 0.25) is 0 Å². The molecular formula is C16H28N4O2S2. The zero-order valence-corrected chi connectivity index (χ0v) is 15.8. The van der Waals surface area contributed by atoms with Crippen LogP contribution in [-0.2, 0) is 0 Å². The second-order valence-electron chi connectivity index (χ2n) is 6.60. The van der Waals surface area contributed by atoms with Crippen LogP contribution in [0, 0.1) is 0 Å². The summed E-state index contributed by atoms with van der Waals surface area (Å²) in [7, 11) is 0. The van der Waals surface area contributed by atoms with E-state index in [1.807, 2.05) is 33.3 Å². The Labute approximate surface area is 152 Å². The van der Waals surface area contributed by atoms with Gasteiger partial charge in [0, 0.05) is 49.2 Å². The number of carbonyl (C=O) groups excluding carboxylic acids is 2. The molecule has 2 heterocycles. The Bertz CT molecular complexity index is 400. The van der Waals surface area contributed by atoms with Gasteiger partial charge in [-0.1, -0.05) is 12.8 Å². The molecule has 3 fully saturated rings. The van der Waals surface area contributed by atoms with Crippen LogP contribution >= 0.6 is 23.5 Å². The van der Waals surface area contributed by atoms with Crippen LogP contribution in [0.3, 0.4) is 0 Å². The number of carbonyl (C=O) groups is 2. The molecule has 2 aliphatic heterocycles. The summed E-state index contributed by atoms with van der Waals surface area (Å²) in [6.45, 7) is 3.30. The van der Waals surface area contributed by atoms with E-state index in [0.717, 1.165) is 74.9 Å². The number of hydrogen-bond donors (Lipinski definition) is 2. The normalized spacial score (nSPS) is 28.3. The number of urea groups is 2. The third kappa shape index (κ3) is 4.88. The highest BCUT2D eigenvalue weighted by molar-refractivity contribution is 7.99. The van der Waals surface area contributed by atoms with Gasteiger partial charge in [0.1, 0.15) is 0 Å². The van der Waals surface area contributed by atoms with Crippen LogP contribution in [-0.4, -0.2) is 83.1 Å². The topological polar surface area (TPSA) is 64.7 Å². The molecule has 2 atom stereocenters. The summed E-state index contributed by atoms with van der Waals surface area (Å²) in [4.78, 5) is 28.8. The second kappa shape index (κ2) is 9.08. The molecule has 2 saturated heterocycles. The molecule has 0 radical (unpaired) electrons. The number of hydrogen-bond acceptors (Lipinski definition) is 4. The highest BCUT2D eigenvalue weighted by Crippen LogP contribution is 2.20. The van der Waals surface area contributed by atoms with E-state index >= 15 is 0 Å². The van der Waals surface area contributed by atoms with Crippen molar-refractivity contribution in [3.05, 3.63) is 0 Å². The minimum absolute atomic E-state index is 0.0378. The Balaban J connectivity index is 1.52. The zero-order valence-electron chi connectivity index (χ0n) is 14.2. The summed E-state index contributed by atoms with van der Waals surface area (Å²) in [5.74, 6) is 4.08. The fourth-order valence-corrected chi connectivity index (χ4v) is 5.32. The van der Waals surface area contributed by atoms with Crippen molar-refractivity contribution in [2.24, 2.45) is 0 Å². The standard InChI is InChI=1S/C16H28N4O2S2/c21-15(19-5-9-23-10-6-19)17-13-3-1-2-4-14(13)18-16(22)20-7-11-24-12-8-20/h13-14H,1-12H2,(H,17,21)(H,18,22). The van der Waals surface area contributed by atoms with E-state index in [-0.39, 0.29) is 24.1 Å². The highest BCUT2D eigenvalue weighted by Gasteiger charge is 2.30. The predicted octanol–water partition coefficient (Wildman–Crippen LogP) is 1.81. The average molecular weight is 373 g/mol. The lowest BCUT2D eigenvalue weighted by Crippen LogP contribution is -2.58. The maximum Gasteiger partial charge on any atom is 0.317 e. The molecule has 4 amide bonds. The van der Waals surface area contributed by atoms with Gasteiger partial charge in [-0.3, -0.25) is 0 Å². The van der Waals surface area contributed by atoms with Crippen LogP contribution in [0.15, 0.2) is 0 Å². The summed E-state index contributed by atoms with van der Waals surface area (Å²) in [6.07, 6.45) is 4.14. The minimum Gasteiger partial charge on any atom is -0.333 e. The van der Waals surface area contributed by atoms with Crippen LogP contribution in [0.5, 0.6) is 0 Å². The number of nitrogens with zero attached hydrogens (tertiary/aromatic N) is 2. The molecule has 136 valence electrons. The molecule has 8 heteroatoms. The van der Waals surface area contributed by atoms with Crippen LogP contribution < -0.4 is 10.6 Å². The lowest BCUT2D eigenvalue weighted by molar-refractivity contribution is 0.177. The number of thioether (sulfide) groups is 2. The molecule has 2 unspecified atom stereocenters. The first-order chi connectivity index (χ1) is 11.7. The van der Waals surface area contributed by atoms with Gasteiger partial charge >= 0.3 is 12.1 Å². The summed E-state index contributed by atoms with van der Waals surface area (Å²) in [6, 6.07) is 0.194. The zero-order chi connectivity index (χ0) is 16.8. The average Bonchev–Trinajstić information content (AvgIpc) is 2.64. The van der Waals surface area contributed by atoms with Gasteiger partial charge in [0.25, 0.3) is 0 Å². The SMILES string of the molecule is O=C(NC1CCCCC1NC(=O)N1CCSCC1)N1CCSCC1. The Morgan fingerprint density at radius 2 is 1.08 bits per heavy atom. The van der Waals surface area contributed by atoms with Crippen LogP contribution in [0.1, 0.15) is 25.7 Å². The molecule has 1 saturated carbocycles. The summed E-state index contributed by atoms with van der Waals surface area (Å²) in [5, 5.41) is 6.37. The molecule has 2 N–H and O–H groups in total. The molecule has 0 aromatic heterocycles. The van der Waals surface area contributed by atoms with E-state index in [9.17, 15) is 9.59 Å². The molecule has 0 aromatic rings. The summed E-state index contributed by atoms with van der Waals surface area (Å²) < 4.78 is 0. The Hall–Kier alpha value is -0.760. The van der Waals surface area contributed by atoms with Crippen molar-refractivity contribution in [2.75, 3.05) is 49.2 Å². The van der Waals surface area contributed by atoms with Crippen LogP contribution in [0.4, 0.5) is 9.59 Å². The van der Waals surface area contributed by atoms with Gasteiger partial charge in [-0.15, -0.1) is 0 Å². The molecule has 6 nitrogen and oxygen atoms in total. The Morgan fingerprint density at radius 1 is 0.708 bits per heavy atom. The van der Waals surface area contributed by atoms with Crippen molar-refractivity contribution >= 4 is 35.6 Å². The van der Waals surface area contributed by atoms with E-state index in [1.54, 1.807) is 0 Å². The highest BCUT2D eigenvalue weighted by atomic mass is 32.2. The third-order valence-corrected chi connectivity index (χ3v) is 6.87. The quantitative estimate of drug-likeness (QED) is 0.776. The minimum atomic E-state index is 0.0378. The second-order valence-corrected chi connectivity index (χ2v) is 9.04. The van der Waals surface area contributed by atoms with Gasteiger partial charge in [-0.2, -0.15) is 23.5 Å². The summed E-state index contributed by atoms with van der Waals surface area (Å²) >= 11 is 3.80. The van der Waals surface area contributed by atoms with Crippen LogP contribution in [0.2, 0.25) is 0 Å². The molecule has 0 spiro atoms. The van der Waals surface area contributed by atoms with E-state index < -0.39 is 0 Å². The van der Waals surface area contributed by atoms with Gasteiger partial charge in [-0.25, -0.2) is 9.59 Å². The van der Waals surface area contributed by atoms with Crippen molar-refractivity contribution in [3.8, 4) is 0 Å². The van der Waals surface area contributed by atoms with Gasteiger partial charge in [0.05, 0.1) is 12.1 Å². The molecule has 0 aromatic carbocycles. The fraction of sp³-hybridized carbons (Fsp3) is 0.875. The molecule has 3 aliphatic rings. The van der Waals surface area contributed by atoms with E-state index in [2.05, 4.69) is 10.6 Å². The first kappa shape index (κ1) is 18.0. The van der Waals surface area contributed by atoms with Crippen LogP contribution in [0.25, 0.3) is 0 Å². The molecule has 24 heavy (non-hydrogen) atoms. The first-order valence-corrected chi connectivity index (χ1v) is 11.3. The maximum atomic E-state index is 12.5. The largest absolute Gasteiger partial charge is 0.333 e. The lowest BCUT2D eigenvalue weighted by Gasteiger charge is -2.37. The van der Waals surface area contributed by atoms with Gasteiger partial charge in [0.15, 0.2) is 0 Å². The number of rotatable bonds is 2. The van der Waals surface area contributed by atoms with Crippen molar-refractivity contribution in [1.29, 1.82) is 0 Å². The number of amides is 4. The van der Waals surface area contributed by atoms with E-state index in [0.29, 0.717) is 0 Å². The fourth-order valence-electron chi connectivity index (χ4n) is 3.51.